The summed E-state index contributed by atoms with van der Waals surface area (Å²) >= 11 is 0. The molecule has 27 heavy (non-hydrogen) atoms. The van der Waals surface area contributed by atoms with Crippen molar-refractivity contribution in [2.24, 2.45) is 10.9 Å². The fourth-order valence-corrected chi connectivity index (χ4v) is 4.28. The maximum absolute atomic E-state index is 12.7. The minimum Gasteiger partial charge on any atom is -0.356 e. The van der Waals surface area contributed by atoms with Gasteiger partial charge < -0.3 is 15.5 Å². The van der Waals surface area contributed by atoms with E-state index in [-0.39, 0.29) is 5.92 Å². The van der Waals surface area contributed by atoms with Gasteiger partial charge >= 0.3 is 0 Å². The van der Waals surface area contributed by atoms with Gasteiger partial charge in [-0.15, -0.1) is 0 Å². The van der Waals surface area contributed by atoms with Gasteiger partial charge in [-0.05, 0) is 43.7 Å². The Balaban J connectivity index is 1.42. The van der Waals surface area contributed by atoms with Crippen LogP contribution in [-0.2, 0) is 11.2 Å². The van der Waals surface area contributed by atoms with Crippen LogP contribution in [0, 0.1) is 12.8 Å². The largest absolute Gasteiger partial charge is 0.356 e. The Hall–Kier alpha value is -2.04. The van der Waals surface area contributed by atoms with Crippen molar-refractivity contribution in [3.63, 3.8) is 0 Å². The number of amides is 1. The molecule has 1 aliphatic carbocycles. The van der Waals surface area contributed by atoms with E-state index in [1.807, 2.05) is 7.05 Å². The van der Waals surface area contributed by atoms with E-state index >= 15 is 0 Å². The van der Waals surface area contributed by atoms with Crippen molar-refractivity contribution in [3.05, 3.63) is 35.4 Å². The Kier molecular flexibility index (Phi) is 7.13. The minimum absolute atomic E-state index is 0.268. The Morgan fingerprint density at radius 3 is 2.70 bits per heavy atom. The topological polar surface area (TPSA) is 56.7 Å². The first kappa shape index (κ1) is 19.7. The summed E-state index contributed by atoms with van der Waals surface area (Å²) in [7, 11) is 1.81. The second-order valence-electron chi connectivity index (χ2n) is 7.92. The van der Waals surface area contributed by atoms with E-state index in [4.69, 9.17) is 0 Å². The van der Waals surface area contributed by atoms with Gasteiger partial charge in [-0.2, -0.15) is 0 Å². The minimum atomic E-state index is 0.268. The van der Waals surface area contributed by atoms with Crippen molar-refractivity contribution in [1.82, 2.24) is 15.5 Å². The number of carbonyl (C=O) groups is 1. The molecule has 2 N–H and O–H groups in total. The van der Waals surface area contributed by atoms with Crippen LogP contribution in [0.15, 0.2) is 29.3 Å². The lowest BCUT2D eigenvalue weighted by Crippen LogP contribution is -2.46. The fourth-order valence-electron chi connectivity index (χ4n) is 4.28. The smallest absolute Gasteiger partial charge is 0.225 e. The molecule has 1 heterocycles. The Bertz CT molecular complexity index is 651. The first-order valence-corrected chi connectivity index (χ1v) is 10.5. The maximum atomic E-state index is 12.7. The summed E-state index contributed by atoms with van der Waals surface area (Å²) in [5.41, 5.74) is 2.69. The van der Waals surface area contributed by atoms with Gasteiger partial charge in [0.2, 0.25) is 5.91 Å². The van der Waals surface area contributed by atoms with Crippen LogP contribution in [0.4, 0.5) is 0 Å². The van der Waals surface area contributed by atoms with E-state index in [0.717, 1.165) is 51.3 Å². The fraction of sp³-hybridized carbons (Fsp3) is 0.636. The molecule has 1 aromatic carbocycles. The Labute approximate surface area is 163 Å². The molecule has 5 nitrogen and oxygen atoms in total. The number of rotatable bonds is 5. The van der Waals surface area contributed by atoms with Crippen molar-refractivity contribution >= 4 is 11.9 Å². The standard InChI is InChI=1S/C22H34N4O/c1-17-8-6-7-9-18(17)12-14-24-22(23-2)25-20-13-15-26(16-20)21(27)19-10-4-3-5-11-19/h6-9,19-20H,3-5,10-16H2,1-2H3,(H2,23,24,25). The lowest BCUT2D eigenvalue weighted by Gasteiger charge is -2.26. The molecule has 148 valence electrons. The number of benzene rings is 1. The number of aryl methyl sites for hydroxylation is 1. The average molecular weight is 371 g/mol. The zero-order chi connectivity index (χ0) is 19.1. The lowest BCUT2D eigenvalue weighted by molar-refractivity contribution is -0.135. The summed E-state index contributed by atoms with van der Waals surface area (Å²) in [5, 5.41) is 6.91. The molecule has 0 radical (unpaired) electrons. The molecule has 5 heteroatoms. The molecule has 0 aromatic heterocycles. The summed E-state index contributed by atoms with van der Waals surface area (Å²) < 4.78 is 0. The average Bonchev–Trinajstić information content (AvgIpc) is 3.17. The van der Waals surface area contributed by atoms with E-state index in [2.05, 4.69) is 51.7 Å². The molecule has 1 unspecified atom stereocenters. The number of hydrogen-bond donors (Lipinski definition) is 2. The molecule has 1 atom stereocenters. The van der Waals surface area contributed by atoms with E-state index in [9.17, 15) is 4.79 Å². The zero-order valence-electron chi connectivity index (χ0n) is 16.8. The van der Waals surface area contributed by atoms with Crippen LogP contribution in [-0.4, -0.2) is 49.5 Å². The molecule has 3 rings (SSSR count). The predicted molar refractivity (Wildman–Crippen MR) is 111 cm³/mol. The van der Waals surface area contributed by atoms with Gasteiger partial charge in [-0.3, -0.25) is 9.79 Å². The SMILES string of the molecule is CN=C(NCCc1ccccc1C)NC1CCN(C(=O)C2CCCCC2)C1. The molecule has 1 saturated carbocycles. The molecule has 1 amide bonds. The van der Waals surface area contributed by atoms with Gasteiger partial charge in [0, 0.05) is 38.6 Å². The molecule has 2 fully saturated rings. The van der Waals surface area contributed by atoms with Gasteiger partial charge in [0.15, 0.2) is 5.96 Å². The van der Waals surface area contributed by atoms with Gasteiger partial charge in [0.05, 0.1) is 0 Å². The van der Waals surface area contributed by atoms with Crippen molar-refractivity contribution in [3.8, 4) is 0 Å². The summed E-state index contributed by atoms with van der Waals surface area (Å²) in [6, 6.07) is 8.79. The molecule has 2 aliphatic rings. The van der Waals surface area contributed by atoms with E-state index in [1.54, 1.807) is 0 Å². The number of likely N-dealkylation sites (tertiary alicyclic amines) is 1. The molecule has 0 bridgehead atoms. The molecular weight excluding hydrogens is 336 g/mol. The van der Waals surface area contributed by atoms with Gasteiger partial charge in [-0.25, -0.2) is 0 Å². The molecule has 1 saturated heterocycles. The highest BCUT2D eigenvalue weighted by atomic mass is 16.2. The Morgan fingerprint density at radius 1 is 1.19 bits per heavy atom. The molecule has 1 aromatic rings. The lowest BCUT2D eigenvalue weighted by atomic mass is 9.88. The van der Waals surface area contributed by atoms with Crippen LogP contribution in [0.2, 0.25) is 0 Å². The number of nitrogens with zero attached hydrogens (tertiary/aromatic N) is 2. The second kappa shape index (κ2) is 9.77. The first-order valence-electron chi connectivity index (χ1n) is 10.5. The van der Waals surface area contributed by atoms with Gasteiger partial charge in [0.1, 0.15) is 0 Å². The van der Waals surface area contributed by atoms with Crippen LogP contribution in [0.3, 0.4) is 0 Å². The molecule has 1 aliphatic heterocycles. The quantitative estimate of drug-likeness (QED) is 0.619. The van der Waals surface area contributed by atoms with Gasteiger partial charge in [0.25, 0.3) is 0 Å². The number of carbonyl (C=O) groups excluding carboxylic acids is 1. The monoisotopic (exact) mass is 370 g/mol. The normalized spacial score (nSPS) is 21.3. The third-order valence-electron chi connectivity index (χ3n) is 5.97. The number of aliphatic imine (C=N–C) groups is 1. The highest BCUT2D eigenvalue weighted by molar-refractivity contribution is 5.81. The van der Waals surface area contributed by atoms with Crippen LogP contribution in [0.5, 0.6) is 0 Å². The molecular formula is C22H34N4O. The summed E-state index contributed by atoms with van der Waals surface area (Å²) in [5.74, 6) is 1.48. The highest BCUT2D eigenvalue weighted by Crippen LogP contribution is 2.26. The van der Waals surface area contributed by atoms with Crippen LogP contribution in [0.25, 0.3) is 0 Å². The maximum Gasteiger partial charge on any atom is 0.225 e. The van der Waals surface area contributed by atoms with Crippen molar-refractivity contribution in [2.45, 2.75) is 57.9 Å². The third kappa shape index (κ3) is 5.47. The third-order valence-corrected chi connectivity index (χ3v) is 5.97. The highest BCUT2D eigenvalue weighted by Gasteiger charge is 2.31. The van der Waals surface area contributed by atoms with Crippen LogP contribution >= 0.6 is 0 Å². The van der Waals surface area contributed by atoms with Crippen LogP contribution < -0.4 is 10.6 Å². The van der Waals surface area contributed by atoms with Crippen molar-refractivity contribution in [2.75, 3.05) is 26.7 Å². The zero-order valence-corrected chi connectivity index (χ0v) is 16.8. The summed E-state index contributed by atoms with van der Waals surface area (Å²) in [6.45, 7) is 4.67. The van der Waals surface area contributed by atoms with Crippen molar-refractivity contribution < 1.29 is 4.79 Å². The summed E-state index contributed by atoms with van der Waals surface area (Å²) in [6.07, 6.45) is 7.84. The van der Waals surface area contributed by atoms with E-state index in [1.165, 1.54) is 30.4 Å². The van der Waals surface area contributed by atoms with E-state index < -0.39 is 0 Å². The summed E-state index contributed by atoms with van der Waals surface area (Å²) in [4.78, 5) is 19.1. The number of guanidine groups is 1. The van der Waals surface area contributed by atoms with Gasteiger partial charge in [-0.1, -0.05) is 43.5 Å². The van der Waals surface area contributed by atoms with Crippen molar-refractivity contribution in [1.29, 1.82) is 0 Å². The predicted octanol–water partition coefficient (Wildman–Crippen LogP) is 2.88. The first-order chi connectivity index (χ1) is 13.2. The number of hydrogen-bond acceptors (Lipinski definition) is 2. The van der Waals surface area contributed by atoms with Crippen LogP contribution in [0.1, 0.15) is 49.7 Å². The molecule has 0 spiro atoms. The number of nitrogens with one attached hydrogen (secondary N) is 2. The Morgan fingerprint density at radius 2 is 1.96 bits per heavy atom. The second-order valence-corrected chi connectivity index (χ2v) is 7.92. The van der Waals surface area contributed by atoms with E-state index in [0.29, 0.717) is 11.9 Å².